The molecule has 20 heavy (non-hydrogen) atoms. The maximum atomic E-state index is 11.0. The summed E-state index contributed by atoms with van der Waals surface area (Å²) in [4.78, 5) is 11.2. The van der Waals surface area contributed by atoms with Crippen LogP contribution < -0.4 is 5.73 Å². The molecule has 0 aliphatic heterocycles. The number of rotatable bonds is 6. The predicted molar refractivity (Wildman–Crippen MR) is 75.7 cm³/mol. The van der Waals surface area contributed by atoms with Crippen LogP contribution in [-0.4, -0.2) is 26.2 Å². The standard InChI is InChI=1S/C12H15N5O2S/c1-2-16-11(7-8-13)14-15-12(16)20-10-6-4-3-5-9(10)17(18)19/h3-6H,2,7-8,13H2,1H3. The van der Waals surface area contributed by atoms with Crippen molar-refractivity contribution in [3.63, 3.8) is 0 Å². The van der Waals surface area contributed by atoms with Gasteiger partial charge in [0, 0.05) is 19.0 Å². The van der Waals surface area contributed by atoms with E-state index < -0.39 is 4.92 Å². The Morgan fingerprint density at radius 1 is 1.40 bits per heavy atom. The lowest BCUT2D eigenvalue weighted by atomic mass is 10.3. The third-order valence-corrected chi connectivity index (χ3v) is 3.79. The van der Waals surface area contributed by atoms with Crippen molar-refractivity contribution in [1.82, 2.24) is 14.8 Å². The molecule has 0 bridgehead atoms. The Morgan fingerprint density at radius 3 is 2.80 bits per heavy atom. The van der Waals surface area contributed by atoms with E-state index >= 15 is 0 Å². The monoisotopic (exact) mass is 293 g/mol. The van der Waals surface area contributed by atoms with Crippen LogP contribution in [0.1, 0.15) is 12.7 Å². The van der Waals surface area contributed by atoms with Gasteiger partial charge in [0.15, 0.2) is 5.16 Å². The minimum absolute atomic E-state index is 0.0727. The van der Waals surface area contributed by atoms with Gasteiger partial charge in [0.25, 0.3) is 5.69 Å². The first-order chi connectivity index (χ1) is 9.67. The van der Waals surface area contributed by atoms with Crippen molar-refractivity contribution < 1.29 is 4.92 Å². The molecule has 0 amide bonds. The van der Waals surface area contributed by atoms with Gasteiger partial charge < -0.3 is 10.3 Å². The molecule has 106 valence electrons. The van der Waals surface area contributed by atoms with E-state index in [4.69, 9.17) is 5.73 Å². The molecule has 0 atom stereocenters. The largest absolute Gasteiger partial charge is 0.330 e. The van der Waals surface area contributed by atoms with E-state index in [1.807, 2.05) is 11.5 Å². The van der Waals surface area contributed by atoms with Gasteiger partial charge >= 0.3 is 0 Å². The Balaban J connectivity index is 2.33. The number of nitro groups is 1. The molecule has 0 spiro atoms. The van der Waals surface area contributed by atoms with Crippen LogP contribution in [0.25, 0.3) is 0 Å². The molecule has 2 N–H and O–H groups in total. The van der Waals surface area contributed by atoms with Gasteiger partial charge in [-0.3, -0.25) is 10.1 Å². The van der Waals surface area contributed by atoms with E-state index in [9.17, 15) is 10.1 Å². The van der Waals surface area contributed by atoms with Gasteiger partial charge in [-0.25, -0.2) is 0 Å². The molecule has 0 saturated heterocycles. The predicted octanol–water partition coefficient (Wildman–Crippen LogP) is 1.86. The molecule has 0 saturated carbocycles. The van der Waals surface area contributed by atoms with Crippen LogP contribution in [0.5, 0.6) is 0 Å². The second kappa shape index (κ2) is 6.49. The zero-order chi connectivity index (χ0) is 14.5. The minimum atomic E-state index is -0.393. The molecule has 0 fully saturated rings. The average Bonchev–Trinajstić information content (AvgIpc) is 2.81. The Labute approximate surface area is 120 Å². The topological polar surface area (TPSA) is 99.9 Å². The summed E-state index contributed by atoms with van der Waals surface area (Å²) in [5.74, 6) is 0.802. The van der Waals surface area contributed by atoms with Gasteiger partial charge in [-0.2, -0.15) is 0 Å². The van der Waals surface area contributed by atoms with E-state index in [1.54, 1.807) is 18.2 Å². The quantitative estimate of drug-likeness (QED) is 0.644. The fourth-order valence-electron chi connectivity index (χ4n) is 1.82. The number of nitrogens with zero attached hydrogens (tertiary/aromatic N) is 4. The highest BCUT2D eigenvalue weighted by atomic mass is 32.2. The summed E-state index contributed by atoms with van der Waals surface area (Å²) in [6.45, 7) is 3.17. The molecule has 0 radical (unpaired) electrons. The van der Waals surface area contributed by atoms with E-state index in [0.29, 0.717) is 29.6 Å². The number of para-hydroxylation sites is 1. The molecular formula is C12H15N5O2S. The number of hydrogen-bond acceptors (Lipinski definition) is 6. The molecular weight excluding hydrogens is 278 g/mol. The number of aromatic nitrogens is 3. The first-order valence-electron chi connectivity index (χ1n) is 6.20. The normalized spacial score (nSPS) is 10.7. The highest BCUT2D eigenvalue weighted by Gasteiger charge is 2.18. The van der Waals surface area contributed by atoms with Crippen molar-refractivity contribution in [2.45, 2.75) is 29.9 Å². The van der Waals surface area contributed by atoms with Crippen LogP contribution in [-0.2, 0) is 13.0 Å². The van der Waals surface area contributed by atoms with Gasteiger partial charge in [-0.1, -0.05) is 12.1 Å². The minimum Gasteiger partial charge on any atom is -0.330 e. The molecule has 0 aliphatic carbocycles. The smallest absolute Gasteiger partial charge is 0.283 e. The lowest BCUT2D eigenvalue weighted by Gasteiger charge is -2.06. The number of benzene rings is 1. The van der Waals surface area contributed by atoms with Crippen LogP contribution in [0.3, 0.4) is 0 Å². The third-order valence-electron chi connectivity index (χ3n) is 2.74. The second-order valence-corrected chi connectivity index (χ2v) is 5.02. The van der Waals surface area contributed by atoms with E-state index in [-0.39, 0.29) is 5.69 Å². The van der Waals surface area contributed by atoms with Gasteiger partial charge in [-0.05, 0) is 31.3 Å². The van der Waals surface area contributed by atoms with Gasteiger partial charge in [0.1, 0.15) is 5.82 Å². The summed E-state index contributed by atoms with van der Waals surface area (Å²) < 4.78 is 1.92. The van der Waals surface area contributed by atoms with Crippen LogP contribution in [0.2, 0.25) is 0 Å². The van der Waals surface area contributed by atoms with Gasteiger partial charge in [0.2, 0.25) is 0 Å². The molecule has 2 aromatic rings. The van der Waals surface area contributed by atoms with Gasteiger partial charge in [0.05, 0.1) is 9.82 Å². The first-order valence-corrected chi connectivity index (χ1v) is 7.02. The summed E-state index contributed by atoms with van der Waals surface area (Å²) in [6.07, 6.45) is 0.637. The lowest BCUT2D eigenvalue weighted by Crippen LogP contribution is -2.09. The summed E-state index contributed by atoms with van der Waals surface area (Å²) in [5, 5.41) is 19.8. The summed E-state index contributed by atoms with van der Waals surface area (Å²) >= 11 is 1.25. The van der Waals surface area contributed by atoms with E-state index in [1.165, 1.54) is 17.8 Å². The molecule has 2 rings (SSSR count). The van der Waals surface area contributed by atoms with Crippen LogP contribution in [0.4, 0.5) is 5.69 Å². The summed E-state index contributed by atoms with van der Waals surface area (Å²) in [7, 11) is 0. The first kappa shape index (κ1) is 14.5. The number of nitro benzene ring substituents is 1. The van der Waals surface area contributed by atoms with Crippen molar-refractivity contribution in [3.8, 4) is 0 Å². The van der Waals surface area contributed by atoms with Crippen LogP contribution >= 0.6 is 11.8 Å². The Hall–Kier alpha value is -1.93. The average molecular weight is 293 g/mol. The number of hydrogen-bond donors (Lipinski definition) is 1. The molecule has 1 heterocycles. The molecule has 8 heteroatoms. The fraction of sp³-hybridized carbons (Fsp3) is 0.333. The van der Waals surface area contributed by atoms with Gasteiger partial charge in [-0.15, -0.1) is 10.2 Å². The summed E-state index contributed by atoms with van der Waals surface area (Å²) in [6, 6.07) is 6.60. The second-order valence-electron chi connectivity index (χ2n) is 4.01. The third kappa shape index (κ3) is 2.97. The molecule has 0 aliphatic rings. The SMILES string of the molecule is CCn1c(CCN)nnc1Sc1ccccc1[N+](=O)[O-]. The van der Waals surface area contributed by atoms with Crippen LogP contribution in [0, 0.1) is 10.1 Å². The van der Waals surface area contributed by atoms with E-state index in [0.717, 1.165) is 5.82 Å². The Morgan fingerprint density at radius 2 is 2.15 bits per heavy atom. The highest BCUT2D eigenvalue weighted by Crippen LogP contribution is 2.33. The van der Waals surface area contributed by atoms with Crippen molar-refractivity contribution in [1.29, 1.82) is 0 Å². The number of nitrogens with two attached hydrogens (primary N) is 1. The maximum absolute atomic E-state index is 11.0. The van der Waals surface area contributed by atoms with Crippen molar-refractivity contribution in [2.24, 2.45) is 5.73 Å². The molecule has 1 aromatic carbocycles. The molecule has 7 nitrogen and oxygen atoms in total. The lowest BCUT2D eigenvalue weighted by molar-refractivity contribution is -0.387. The maximum Gasteiger partial charge on any atom is 0.283 e. The van der Waals surface area contributed by atoms with E-state index in [2.05, 4.69) is 10.2 Å². The highest BCUT2D eigenvalue weighted by molar-refractivity contribution is 7.99. The van der Waals surface area contributed by atoms with Crippen LogP contribution in [0.15, 0.2) is 34.3 Å². The Kier molecular flexibility index (Phi) is 4.70. The fourth-order valence-corrected chi connectivity index (χ4v) is 2.84. The molecule has 1 aromatic heterocycles. The zero-order valence-electron chi connectivity index (χ0n) is 11.0. The van der Waals surface area contributed by atoms with Crippen molar-refractivity contribution >= 4 is 17.4 Å². The molecule has 0 unspecified atom stereocenters. The van der Waals surface area contributed by atoms with Crippen molar-refractivity contribution in [3.05, 3.63) is 40.2 Å². The zero-order valence-corrected chi connectivity index (χ0v) is 11.8. The van der Waals surface area contributed by atoms with Crippen molar-refractivity contribution in [2.75, 3.05) is 6.54 Å². The summed E-state index contributed by atoms with van der Waals surface area (Å²) in [5.41, 5.74) is 5.61. The Bertz CT molecular complexity index is 614.